The molecule has 8 heteroatoms. The summed E-state index contributed by atoms with van der Waals surface area (Å²) >= 11 is 0. The molecule has 1 aromatic heterocycles. The third kappa shape index (κ3) is 3.49. The van der Waals surface area contributed by atoms with Crippen molar-refractivity contribution in [2.45, 2.75) is 25.6 Å². The summed E-state index contributed by atoms with van der Waals surface area (Å²) in [5.41, 5.74) is 1.14. The number of aliphatic hydroxyl groups is 2. The first-order valence-electron chi connectivity index (χ1n) is 8.29. The Hall–Kier alpha value is -2.45. The molecule has 0 amide bonds. The molecule has 2 unspecified atom stereocenters. The van der Waals surface area contributed by atoms with Crippen molar-refractivity contribution in [2.24, 2.45) is 13.0 Å². The SMILES string of the molecule is Cn1ccnc1C(O)C1CCCN(c2cc(CO)ccc2[N+](=O)[O-])C1. The van der Waals surface area contributed by atoms with Gasteiger partial charge in [0, 0.05) is 44.5 Å². The van der Waals surface area contributed by atoms with Gasteiger partial charge < -0.3 is 19.7 Å². The maximum atomic E-state index is 11.4. The lowest BCUT2D eigenvalue weighted by Gasteiger charge is -2.36. The first-order valence-corrected chi connectivity index (χ1v) is 8.29. The standard InChI is InChI=1S/C17H22N4O4/c1-19-8-6-18-17(19)16(23)13-3-2-7-20(10-13)15-9-12(11-22)4-5-14(15)21(24)25/h4-6,8-9,13,16,22-23H,2-3,7,10-11H2,1H3. The first-order chi connectivity index (χ1) is 12.0. The number of imidazole rings is 1. The van der Waals surface area contributed by atoms with E-state index in [9.17, 15) is 20.3 Å². The number of nitro groups is 1. The van der Waals surface area contributed by atoms with Gasteiger partial charge in [-0.2, -0.15) is 0 Å². The summed E-state index contributed by atoms with van der Waals surface area (Å²) in [6.45, 7) is 1.02. The number of hydrogen-bond acceptors (Lipinski definition) is 6. The van der Waals surface area contributed by atoms with Gasteiger partial charge in [-0.05, 0) is 30.5 Å². The maximum Gasteiger partial charge on any atom is 0.292 e. The highest BCUT2D eigenvalue weighted by molar-refractivity contribution is 5.64. The summed E-state index contributed by atoms with van der Waals surface area (Å²) in [6, 6.07) is 4.65. The van der Waals surface area contributed by atoms with Gasteiger partial charge in [0.2, 0.25) is 0 Å². The topological polar surface area (TPSA) is 105 Å². The van der Waals surface area contributed by atoms with Crippen LogP contribution in [0.25, 0.3) is 0 Å². The van der Waals surface area contributed by atoms with E-state index in [0.29, 0.717) is 30.2 Å². The molecule has 1 aliphatic rings. The summed E-state index contributed by atoms with van der Waals surface area (Å²) in [5.74, 6) is 0.540. The fraction of sp³-hybridized carbons (Fsp3) is 0.471. The molecule has 0 spiro atoms. The van der Waals surface area contributed by atoms with Crippen LogP contribution in [0.4, 0.5) is 11.4 Å². The Balaban J connectivity index is 1.86. The second kappa shape index (κ2) is 7.20. The van der Waals surface area contributed by atoms with Crippen LogP contribution in [-0.2, 0) is 13.7 Å². The average Bonchev–Trinajstić information content (AvgIpc) is 3.06. The minimum absolute atomic E-state index is 0.0179. The van der Waals surface area contributed by atoms with Crippen LogP contribution in [0.15, 0.2) is 30.6 Å². The molecule has 134 valence electrons. The predicted octanol–water partition coefficient (Wildman–Crippen LogP) is 1.77. The number of rotatable bonds is 5. The molecular formula is C17H22N4O4. The van der Waals surface area contributed by atoms with Gasteiger partial charge in [0.15, 0.2) is 0 Å². The number of hydrogen-bond donors (Lipinski definition) is 2. The van der Waals surface area contributed by atoms with E-state index < -0.39 is 11.0 Å². The van der Waals surface area contributed by atoms with Crippen molar-refractivity contribution >= 4 is 11.4 Å². The molecule has 1 aromatic carbocycles. The molecule has 2 aromatic rings. The number of aryl methyl sites for hydroxylation is 1. The van der Waals surface area contributed by atoms with Crippen LogP contribution in [-0.4, -0.2) is 37.8 Å². The molecule has 1 fully saturated rings. The van der Waals surface area contributed by atoms with Crippen molar-refractivity contribution in [1.29, 1.82) is 0 Å². The number of aromatic nitrogens is 2. The second-order valence-corrected chi connectivity index (χ2v) is 6.43. The molecule has 3 rings (SSSR count). The normalized spacial score (nSPS) is 19.0. The highest BCUT2D eigenvalue weighted by Crippen LogP contribution is 2.35. The molecule has 0 aliphatic carbocycles. The zero-order chi connectivity index (χ0) is 18.0. The van der Waals surface area contributed by atoms with E-state index in [1.54, 1.807) is 29.1 Å². The van der Waals surface area contributed by atoms with E-state index in [0.717, 1.165) is 12.8 Å². The number of anilines is 1. The van der Waals surface area contributed by atoms with E-state index in [2.05, 4.69) is 4.98 Å². The molecular weight excluding hydrogens is 324 g/mol. The monoisotopic (exact) mass is 346 g/mol. The van der Waals surface area contributed by atoms with Crippen molar-refractivity contribution in [3.8, 4) is 0 Å². The zero-order valence-electron chi connectivity index (χ0n) is 14.1. The zero-order valence-corrected chi connectivity index (χ0v) is 14.1. The molecule has 0 saturated carbocycles. The molecule has 2 heterocycles. The Labute approximate surface area is 145 Å². The number of benzene rings is 1. The number of nitrogens with zero attached hydrogens (tertiary/aromatic N) is 4. The van der Waals surface area contributed by atoms with E-state index in [1.807, 2.05) is 11.9 Å². The summed E-state index contributed by atoms with van der Waals surface area (Å²) in [5, 5.41) is 31.4. The van der Waals surface area contributed by atoms with Gasteiger partial charge in [-0.15, -0.1) is 0 Å². The van der Waals surface area contributed by atoms with Crippen LogP contribution >= 0.6 is 0 Å². The van der Waals surface area contributed by atoms with E-state index in [1.165, 1.54) is 6.07 Å². The summed E-state index contributed by atoms with van der Waals surface area (Å²) in [6.07, 6.45) is 4.37. The van der Waals surface area contributed by atoms with Crippen LogP contribution in [0, 0.1) is 16.0 Å². The fourth-order valence-corrected chi connectivity index (χ4v) is 3.43. The molecule has 1 aliphatic heterocycles. The van der Waals surface area contributed by atoms with Gasteiger partial charge >= 0.3 is 0 Å². The predicted molar refractivity (Wildman–Crippen MR) is 92.1 cm³/mol. The van der Waals surface area contributed by atoms with Crippen molar-refractivity contribution < 1.29 is 15.1 Å². The van der Waals surface area contributed by atoms with Crippen LogP contribution in [0.5, 0.6) is 0 Å². The van der Waals surface area contributed by atoms with E-state index in [-0.39, 0.29) is 18.2 Å². The summed E-state index contributed by atoms with van der Waals surface area (Å²) in [7, 11) is 1.84. The summed E-state index contributed by atoms with van der Waals surface area (Å²) < 4.78 is 1.79. The lowest BCUT2D eigenvalue weighted by Crippen LogP contribution is -2.38. The Bertz CT molecular complexity index is 761. The Morgan fingerprint density at radius 3 is 2.92 bits per heavy atom. The molecule has 2 N–H and O–H groups in total. The first kappa shape index (κ1) is 17.4. The lowest BCUT2D eigenvalue weighted by atomic mass is 9.91. The largest absolute Gasteiger partial charge is 0.392 e. The highest BCUT2D eigenvalue weighted by Gasteiger charge is 2.31. The number of piperidine rings is 1. The average molecular weight is 346 g/mol. The quantitative estimate of drug-likeness (QED) is 0.631. The molecule has 0 bridgehead atoms. The smallest absolute Gasteiger partial charge is 0.292 e. The van der Waals surface area contributed by atoms with Gasteiger partial charge in [-0.25, -0.2) is 4.98 Å². The Morgan fingerprint density at radius 2 is 2.28 bits per heavy atom. The van der Waals surface area contributed by atoms with E-state index >= 15 is 0 Å². The highest BCUT2D eigenvalue weighted by atomic mass is 16.6. The van der Waals surface area contributed by atoms with Crippen molar-refractivity contribution in [2.75, 3.05) is 18.0 Å². The van der Waals surface area contributed by atoms with Crippen molar-refractivity contribution in [3.63, 3.8) is 0 Å². The maximum absolute atomic E-state index is 11.4. The second-order valence-electron chi connectivity index (χ2n) is 6.43. The minimum atomic E-state index is -0.720. The van der Waals surface area contributed by atoms with Gasteiger partial charge in [-0.1, -0.05) is 0 Å². The molecule has 0 radical (unpaired) electrons. The lowest BCUT2D eigenvalue weighted by molar-refractivity contribution is -0.384. The van der Waals surface area contributed by atoms with Crippen LogP contribution in [0.1, 0.15) is 30.3 Å². The van der Waals surface area contributed by atoms with Crippen LogP contribution in [0.3, 0.4) is 0 Å². The van der Waals surface area contributed by atoms with Gasteiger partial charge in [0.05, 0.1) is 11.5 Å². The van der Waals surface area contributed by atoms with Crippen molar-refractivity contribution in [1.82, 2.24) is 9.55 Å². The molecule has 8 nitrogen and oxygen atoms in total. The number of nitro benzene ring substituents is 1. The van der Waals surface area contributed by atoms with Gasteiger partial charge in [0.1, 0.15) is 17.6 Å². The molecule has 25 heavy (non-hydrogen) atoms. The van der Waals surface area contributed by atoms with Crippen molar-refractivity contribution in [3.05, 3.63) is 52.1 Å². The van der Waals surface area contributed by atoms with Gasteiger partial charge in [0.25, 0.3) is 5.69 Å². The molecule has 1 saturated heterocycles. The Kier molecular flexibility index (Phi) is 5.00. The third-order valence-corrected chi connectivity index (χ3v) is 4.79. The summed E-state index contributed by atoms with van der Waals surface area (Å²) in [4.78, 5) is 17.1. The third-order valence-electron chi connectivity index (χ3n) is 4.79. The molecule has 2 atom stereocenters. The van der Waals surface area contributed by atoms with Crippen LogP contribution < -0.4 is 4.90 Å². The van der Waals surface area contributed by atoms with Crippen LogP contribution in [0.2, 0.25) is 0 Å². The number of aliphatic hydroxyl groups excluding tert-OH is 2. The fourth-order valence-electron chi connectivity index (χ4n) is 3.43. The Morgan fingerprint density at radius 1 is 1.48 bits per heavy atom. The minimum Gasteiger partial charge on any atom is -0.392 e. The van der Waals surface area contributed by atoms with Gasteiger partial charge in [-0.3, -0.25) is 10.1 Å². The van der Waals surface area contributed by atoms with E-state index in [4.69, 9.17) is 0 Å².